The lowest BCUT2D eigenvalue weighted by Crippen LogP contribution is -2.20. The predicted molar refractivity (Wildman–Crippen MR) is 99.9 cm³/mol. The van der Waals surface area contributed by atoms with Crippen molar-refractivity contribution in [3.05, 3.63) is 80.2 Å². The number of benzene rings is 2. The van der Waals surface area contributed by atoms with Crippen LogP contribution in [0.1, 0.15) is 11.1 Å². The molecule has 1 heterocycles. The third-order valence-electron chi connectivity index (χ3n) is 4.09. The number of methoxy groups -OCH3 is 1. The lowest BCUT2D eigenvalue weighted by Gasteiger charge is -2.16. The maximum absolute atomic E-state index is 13.8. The van der Waals surface area contributed by atoms with Gasteiger partial charge in [0.1, 0.15) is 5.75 Å². The SMILES string of the molecule is COc1cc(Nc2nc(=O)c(F)cn2Cc2cc(F)c(F)c(F)c2)c(C)cc1Cl. The number of nitrogens with one attached hydrogen (secondary N) is 1. The van der Waals surface area contributed by atoms with Crippen molar-refractivity contribution < 1.29 is 22.3 Å². The molecule has 3 aromatic rings. The summed E-state index contributed by atoms with van der Waals surface area (Å²) >= 11 is 6.06. The van der Waals surface area contributed by atoms with E-state index >= 15 is 0 Å². The van der Waals surface area contributed by atoms with Crippen molar-refractivity contribution in [2.45, 2.75) is 13.5 Å². The summed E-state index contributed by atoms with van der Waals surface area (Å²) in [5, 5.41) is 3.22. The molecular formula is C19H14ClF4N3O2. The van der Waals surface area contributed by atoms with Crippen LogP contribution in [-0.2, 0) is 6.54 Å². The van der Waals surface area contributed by atoms with Crippen LogP contribution in [0.15, 0.2) is 35.3 Å². The second-order valence-corrected chi connectivity index (χ2v) is 6.55. The first kappa shape index (κ1) is 20.7. The average molecular weight is 428 g/mol. The smallest absolute Gasteiger partial charge is 0.310 e. The van der Waals surface area contributed by atoms with Crippen LogP contribution in [0.5, 0.6) is 5.75 Å². The number of nitrogens with zero attached hydrogens (tertiary/aromatic N) is 2. The van der Waals surface area contributed by atoms with E-state index in [0.29, 0.717) is 22.0 Å². The van der Waals surface area contributed by atoms with E-state index in [9.17, 15) is 22.4 Å². The molecule has 0 aliphatic heterocycles. The molecule has 152 valence electrons. The molecule has 0 radical (unpaired) electrons. The van der Waals surface area contributed by atoms with Gasteiger partial charge < -0.3 is 14.6 Å². The lowest BCUT2D eigenvalue weighted by atomic mass is 10.2. The highest BCUT2D eigenvalue weighted by Gasteiger charge is 2.15. The molecule has 2 aromatic carbocycles. The van der Waals surface area contributed by atoms with Crippen molar-refractivity contribution in [3.63, 3.8) is 0 Å². The van der Waals surface area contributed by atoms with E-state index < -0.39 is 28.8 Å². The summed E-state index contributed by atoms with van der Waals surface area (Å²) in [5.41, 5.74) is -0.00623. The van der Waals surface area contributed by atoms with Crippen LogP contribution in [0, 0.1) is 30.2 Å². The number of aromatic nitrogens is 2. The van der Waals surface area contributed by atoms with E-state index in [1.54, 1.807) is 19.1 Å². The van der Waals surface area contributed by atoms with Gasteiger partial charge in [0, 0.05) is 18.0 Å². The summed E-state index contributed by atoms with van der Waals surface area (Å²) in [5.74, 6) is -5.30. The topological polar surface area (TPSA) is 56.1 Å². The van der Waals surface area contributed by atoms with Gasteiger partial charge in [-0.05, 0) is 36.2 Å². The Balaban J connectivity index is 2.04. The molecule has 1 N–H and O–H groups in total. The van der Waals surface area contributed by atoms with Crippen LogP contribution in [0.3, 0.4) is 0 Å². The van der Waals surface area contributed by atoms with E-state index in [1.165, 1.54) is 7.11 Å². The van der Waals surface area contributed by atoms with Crippen LogP contribution in [0.2, 0.25) is 5.02 Å². The van der Waals surface area contributed by atoms with Gasteiger partial charge in [-0.1, -0.05) is 11.6 Å². The lowest BCUT2D eigenvalue weighted by molar-refractivity contribution is 0.415. The number of hydrogen-bond donors (Lipinski definition) is 1. The van der Waals surface area contributed by atoms with Gasteiger partial charge in [0.2, 0.25) is 11.8 Å². The molecule has 5 nitrogen and oxygen atoms in total. The van der Waals surface area contributed by atoms with Crippen LogP contribution < -0.4 is 15.6 Å². The molecule has 0 saturated carbocycles. The Labute approximate surface area is 167 Å². The summed E-state index contributed by atoms with van der Waals surface area (Å²) in [6.07, 6.45) is 0.833. The molecule has 0 aliphatic carbocycles. The second kappa shape index (κ2) is 8.12. The summed E-state index contributed by atoms with van der Waals surface area (Å²) in [6, 6.07) is 4.71. The minimum absolute atomic E-state index is 0.000271. The monoisotopic (exact) mass is 427 g/mol. The van der Waals surface area contributed by atoms with Gasteiger partial charge in [0.15, 0.2) is 17.5 Å². The predicted octanol–water partition coefficient (Wildman–Crippen LogP) is 4.56. The molecule has 0 fully saturated rings. The molecule has 0 aliphatic rings. The molecule has 0 spiro atoms. The Bertz CT molecular complexity index is 1130. The number of hydrogen-bond acceptors (Lipinski definition) is 4. The number of rotatable bonds is 5. The molecular weight excluding hydrogens is 414 g/mol. The van der Waals surface area contributed by atoms with Gasteiger partial charge in [0.05, 0.1) is 18.7 Å². The fourth-order valence-electron chi connectivity index (χ4n) is 2.65. The Kier molecular flexibility index (Phi) is 5.78. The third kappa shape index (κ3) is 4.34. The molecule has 3 rings (SSSR count). The first-order valence-electron chi connectivity index (χ1n) is 8.21. The fourth-order valence-corrected chi connectivity index (χ4v) is 2.94. The van der Waals surface area contributed by atoms with Crippen molar-refractivity contribution in [1.29, 1.82) is 0 Å². The Morgan fingerprint density at radius 2 is 1.76 bits per heavy atom. The molecule has 1 aromatic heterocycles. The summed E-state index contributed by atoms with van der Waals surface area (Å²) in [7, 11) is 1.42. The van der Waals surface area contributed by atoms with Gasteiger partial charge in [-0.15, -0.1) is 0 Å². The van der Waals surface area contributed by atoms with E-state index in [-0.39, 0.29) is 18.1 Å². The number of anilines is 2. The molecule has 0 saturated heterocycles. The first-order chi connectivity index (χ1) is 13.7. The van der Waals surface area contributed by atoms with Gasteiger partial charge in [-0.25, -0.2) is 13.2 Å². The average Bonchev–Trinajstić information content (AvgIpc) is 2.65. The number of halogens is 5. The highest BCUT2D eigenvalue weighted by molar-refractivity contribution is 6.32. The first-order valence-corrected chi connectivity index (χ1v) is 8.59. The molecule has 0 atom stereocenters. The molecule has 0 bridgehead atoms. The highest BCUT2D eigenvalue weighted by Crippen LogP contribution is 2.32. The summed E-state index contributed by atoms with van der Waals surface area (Å²) in [6.45, 7) is 1.44. The van der Waals surface area contributed by atoms with E-state index in [0.717, 1.165) is 22.9 Å². The van der Waals surface area contributed by atoms with E-state index in [2.05, 4.69) is 10.3 Å². The zero-order chi connectivity index (χ0) is 21.3. The molecule has 29 heavy (non-hydrogen) atoms. The Morgan fingerprint density at radius 3 is 2.38 bits per heavy atom. The van der Waals surface area contributed by atoms with Crippen LogP contribution in [0.4, 0.5) is 29.2 Å². The quantitative estimate of drug-likeness (QED) is 0.479. The minimum atomic E-state index is -1.61. The minimum Gasteiger partial charge on any atom is -0.495 e. The van der Waals surface area contributed by atoms with Gasteiger partial charge in [0.25, 0.3) is 0 Å². The van der Waals surface area contributed by atoms with Crippen molar-refractivity contribution in [1.82, 2.24) is 9.55 Å². The van der Waals surface area contributed by atoms with Crippen molar-refractivity contribution in [3.8, 4) is 5.75 Å². The molecule has 10 heteroatoms. The van der Waals surface area contributed by atoms with Gasteiger partial charge in [-0.2, -0.15) is 9.37 Å². The van der Waals surface area contributed by atoms with Crippen LogP contribution in [0.25, 0.3) is 0 Å². The van der Waals surface area contributed by atoms with Crippen molar-refractivity contribution in [2.75, 3.05) is 12.4 Å². The number of aryl methyl sites for hydroxylation is 1. The van der Waals surface area contributed by atoms with E-state index in [4.69, 9.17) is 16.3 Å². The second-order valence-electron chi connectivity index (χ2n) is 6.15. The van der Waals surface area contributed by atoms with Crippen LogP contribution >= 0.6 is 11.6 Å². The Hall–Kier alpha value is -3.07. The standard InChI is InChI=1S/C19H14ClF4N3O2/c1-9-3-11(20)16(29-2)6-15(9)25-19-26-18(28)14(23)8-27(19)7-10-4-12(21)17(24)13(22)5-10/h3-6,8H,7H2,1-2H3,(H,25,26,28). The largest absolute Gasteiger partial charge is 0.495 e. The summed E-state index contributed by atoms with van der Waals surface area (Å²) < 4.78 is 60.3. The zero-order valence-electron chi connectivity index (χ0n) is 15.2. The highest BCUT2D eigenvalue weighted by atomic mass is 35.5. The van der Waals surface area contributed by atoms with Crippen LogP contribution in [-0.4, -0.2) is 16.7 Å². The number of ether oxygens (including phenoxy) is 1. The van der Waals surface area contributed by atoms with Gasteiger partial charge in [-0.3, -0.25) is 4.79 Å². The maximum atomic E-state index is 13.8. The third-order valence-corrected chi connectivity index (χ3v) is 4.39. The van der Waals surface area contributed by atoms with E-state index in [1.807, 2.05) is 0 Å². The molecule has 0 amide bonds. The normalized spacial score (nSPS) is 10.9. The zero-order valence-corrected chi connectivity index (χ0v) is 16.0. The molecule has 0 unspecified atom stereocenters. The maximum Gasteiger partial charge on any atom is 0.310 e. The summed E-state index contributed by atoms with van der Waals surface area (Å²) in [4.78, 5) is 15.3. The Morgan fingerprint density at radius 1 is 1.10 bits per heavy atom. The fraction of sp³-hybridized carbons (Fsp3) is 0.158. The van der Waals surface area contributed by atoms with Crippen molar-refractivity contribution in [2.24, 2.45) is 0 Å². The van der Waals surface area contributed by atoms with Gasteiger partial charge >= 0.3 is 5.56 Å². The van der Waals surface area contributed by atoms with Crippen molar-refractivity contribution >= 4 is 23.2 Å².